The van der Waals surface area contributed by atoms with Crippen LogP contribution in [0.25, 0.3) is 11.4 Å². The molecule has 0 radical (unpaired) electrons. The minimum Gasteiger partial charge on any atom is -0.454 e. The number of nitrogens with one attached hydrogen (secondary N) is 1. The summed E-state index contributed by atoms with van der Waals surface area (Å²) >= 11 is 0. The zero-order valence-electron chi connectivity index (χ0n) is 24.7. The van der Waals surface area contributed by atoms with Crippen molar-refractivity contribution in [2.45, 2.75) is 38.4 Å². The van der Waals surface area contributed by atoms with Crippen LogP contribution in [0.3, 0.4) is 0 Å². The number of piperazine rings is 1. The van der Waals surface area contributed by atoms with Crippen LogP contribution in [0.2, 0.25) is 0 Å². The number of hydrogen-bond acceptors (Lipinski definition) is 8. The average Bonchev–Trinajstić information content (AvgIpc) is 3.33. The van der Waals surface area contributed by atoms with Crippen LogP contribution in [-0.2, 0) is 11.3 Å². The number of aromatic nitrogens is 3. The van der Waals surface area contributed by atoms with Gasteiger partial charge in [0.2, 0.25) is 11.9 Å². The number of anilines is 1. The van der Waals surface area contributed by atoms with E-state index in [-0.39, 0.29) is 30.1 Å². The molecule has 0 atom stereocenters. The van der Waals surface area contributed by atoms with E-state index in [4.69, 9.17) is 4.74 Å². The number of alkyl halides is 3. The van der Waals surface area contributed by atoms with Crippen molar-refractivity contribution in [3.63, 3.8) is 0 Å². The SMILES string of the molecule is O=C(CN1CCN(C(=O)c2ccc(-c3nc(NCc4ccc(F)cc4)nc(OCC(F)(F)F)n3)cc2)CC1)N1CCCCCC1. The summed E-state index contributed by atoms with van der Waals surface area (Å²) in [5.41, 5.74) is 1.57. The highest BCUT2D eigenvalue weighted by molar-refractivity contribution is 5.94. The van der Waals surface area contributed by atoms with E-state index >= 15 is 0 Å². The zero-order valence-corrected chi connectivity index (χ0v) is 24.7. The summed E-state index contributed by atoms with van der Waals surface area (Å²) in [7, 11) is 0. The lowest BCUT2D eigenvalue weighted by Gasteiger charge is -2.35. The van der Waals surface area contributed by atoms with Crippen molar-refractivity contribution in [1.82, 2.24) is 29.7 Å². The highest BCUT2D eigenvalue weighted by Gasteiger charge is 2.29. The fraction of sp³-hybridized carbons (Fsp3) is 0.452. The molecule has 2 fully saturated rings. The van der Waals surface area contributed by atoms with Gasteiger partial charge in [-0.2, -0.15) is 28.1 Å². The van der Waals surface area contributed by atoms with Crippen molar-refractivity contribution in [2.24, 2.45) is 0 Å². The quantitative estimate of drug-likeness (QED) is 0.348. The van der Waals surface area contributed by atoms with Gasteiger partial charge in [-0.25, -0.2) is 4.39 Å². The van der Waals surface area contributed by atoms with E-state index in [1.165, 1.54) is 12.1 Å². The Labute approximate surface area is 258 Å². The number of carbonyl (C=O) groups is 2. The monoisotopic (exact) mass is 629 g/mol. The number of likely N-dealkylation sites (tertiary alicyclic amines) is 1. The van der Waals surface area contributed by atoms with Gasteiger partial charge in [0.25, 0.3) is 5.91 Å². The Morgan fingerprint density at radius 2 is 1.47 bits per heavy atom. The number of nitrogens with zero attached hydrogens (tertiary/aromatic N) is 6. The van der Waals surface area contributed by atoms with Gasteiger partial charge < -0.3 is 19.9 Å². The van der Waals surface area contributed by atoms with Crippen LogP contribution in [0, 0.1) is 5.82 Å². The molecule has 2 aromatic carbocycles. The molecule has 3 heterocycles. The number of rotatable bonds is 9. The minimum atomic E-state index is -4.59. The Morgan fingerprint density at radius 1 is 0.800 bits per heavy atom. The highest BCUT2D eigenvalue weighted by atomic mass is 19.4. The second-order valence-electron chi connectivity index (χ2n) is 11.1. The lowest BCUT2D eigenvalue weighted by atomic mass is 10.1. The molecule has 3 aromatic rings. The molecule has 5 rings (SSSR count). The molecule has 0 bridgehead atoms. The summed E-state index contributed by atoms with van der Waals surface area (Å²) < 4.78 is 56.5. The second kappa shape index (κ2) is 14.6. The third kappa shape index (κ3) is 9.33. The lowest BCUT2D eigenvalue weighted by Crippen LogP contribution is -2.51. The summed E-state index contributed by atoms with van der Waals surface area (Å²) in [5.74, 6) is -0.402. The van der Waals surface area contributed by atoms with Gasteiger partial charge in [0.05, 0.1) is 6.54 Å². The number of benzene rings is 2. The maximum absolute atomic E-state index is 13.2. The molecule has 14 heteroatoms. The normalized spacial score (nSPS) is 16.3. The Kier molecular flexibility index (Phi) is 10.4. The van der Waals surface area contributed by atoms with Crippen molar-refractivity contribution in [2.75, 3.05) is 57.7 Å². The molecule has 2 amide bonds. The third-order valence-electron chi connectivity index (χ3n) is 7.71. The lowest BCUT2D eigenvalue weighted by molar-refractivity contribution is -0.154. The number of halogens is 4. The van der Waals surface area contributed by atoms with Crippen LogP contribution >= 0.6 is 0 Å². The van der Waals surface area contributed by atoms with E-state index in [2.05, 4.69) is 25.2 Å². The van der Waals surface area contributed by atoms with Gasteiger partial charge in [-0.3, -0.25) is 14.5 Å². The molecule has 0 aliphatic carbocycles. The third-order valence-corrected chi connectivity index (χ3v) is 7.71. The Hall–Kier alpha value is -4.33. The van der Waals surface area contributed by atoms with Crippen molar-refractivity contribution in [3.05, 3.63) is 65.5 Å². The topological polar surface area (TPSA) is 104 Å². The Balaban J connectivity index is 1.21. The number of ether oxygens (including phenoxy) is 1. The molecule has 45 heavy (non-hydrogen) atoms. The van der Waals surface area contributed by atoms with E-state index in [0.717, 1.165) is 38.8 Å². The fourth-order valence-electron chi connectivity index (χ4n) is 5.22. The van der Waals surface area contributed by atoms with Crippen LogP contribution in [0.1, 0.15) is 41.6 Å². The van der Waals surface area contributed by atoms with Gasteiger partial charge in [0.15, 0.2) is 12.4 Å². The molecule has 0 saturated carbocycles. The van der Waals surface area contributed by atoms with Gasteiger partial charge in [-0.05, 0) is 42.7 Å². The van der Waals surface area contributed by atoms with Gasteiger partial charge >= 0.3 is 12.2 Å². The molecule has 10 nitrogen and oxygen atoms in total. The molecule has 1 N–H and O–H groups in total. The minimum absolute atomic E-state index is 0.0335. The van der Waals surface area contributed by atoms with Gasteiger partial charge in [0.1, 0.15) is 5.82 Å². The van der Waals surface area contributed by atoms with Gasteiger partial charge in [0, 0.05) is 56.9 Å². The predicted molar refractivity (Wildman–Crippen MR) is 158 cm³/mol. The fourth-order valence-corrected chi connectivity index (χ4v) is 5.22. The maximum Gasteiger partial charge on any atom is 0.422 e. The van der Waals surface area contributed by atoms with E-state index < -0.39 is 24.6 Å². The van der Waals surface area contributed by atoms with Crippen molar-refractivity contribution < 1.29 is 31.9 Å². The number of hydrogen-bond donors (Lipinski definition) is 1. The molecule has 2 aliphatic heterocycles. The van der Waals surface area contributed by atoms with Crippen LogP contribution in [0.15, 0.2) is 48.5 Å². The van der Waals surface area contributed by atoms with E-state index in [1.807, 2.05) is 4.90 Å². The first-order chi connectivity index (χ1) is 21.6. The molecule has 2 aliphatic rings. The van der Waals surface area contributed by atoms with Crippen LogP contribution < -0.4 is 10.1 Å². The molecule has 0 spiro atoms. The first kappa shape index (κ1) is 32.1. The zero-order chi connectivity index (χ0) is 31.8. The highest BCUT2D eigenvalue weighted by Crippen LogP contribution is 2.23. The van der Waals surface area contributed by atoms with Crippen molar-refractivity contribution in [1.29, 1.82) is 0 Å². The van der Waals surface area contributed by atoms with Gasteiger partial charge in [-0.1, -0.05) is 37.1 Å². The molecule has 1 aromatic heterocycles. The van der Waals surface area contributed by atoms with E-state index in [9.17, 15) is 27.2 Å². The van der Waals surface area contributed by atoms with E-state index in [1.54, 1.807) is 41.3 Å². The predicted octanol–water partition coefficient (Wildman–Crippen LogP) is 4.39. The van der Waals surface area contributed by atoms with E-state index in [0.29, 0.717) is 49.4 Å². The standard InChI is InChI=1S/C31H35F4N7O3/c32-25-11-5-22(6-12-25)19-36-29-37-27(38-30(39-29)45-21-31(33,34)35)23-7-9-24(10-8-23)28(44)42-17-15-40(16-18-42)20-26(43)41-13-3-1-2-4-14-41/h5-12H,1-4,13-21H2,(H,36,37,38,39). The summed E-state index contributed by atoms with van der Waals surface area (Å²) in [6, 6.07) is 11.6. The average molecular weight is 630 g/mol. The molecule has 0 unspecified atom stereocenters. The summed E-state index contributed by atoms with van der Waals surface area (Å²) in [6.45, 7) is 2.76. The van der Waals surface area contributed by atoms with Crippen LogP contribution in [0.4, 0.5) is 23.5 Å². The molecule has 240 valence electrons. The first-order valence-corrected chi connectivity index (χ1v) is 15.0. The van der Waals surface area contributed by atoms with Crippen molar-refractivity contribution in [3.8, 4) is 17.4 Å². The second-order valence-corrected chi connectivity index (χ2v) is 11.1. The Morgan fingerprint density at radius 3 is 2.11 bits per heavy atom. The number of amides is 2. The van der Waals surface area contributed by atoms with Crippen LogP contribution in [-0.4, -0.2) is 100 Å². The summed E-state index contributed by atoms with van der Waals surface area (Å²) in [4.78, 5) is 44.1. The molecular formula is C31H35F4N7O3. The summed E-state index contributed by atoms with van der Waals surface area (Å²) in [6.07, 6.45) is -0.180. The van der Waals surface area contributed by atoms with Crippen LogP contribution in [0.5, 0.6) is 6.01 Å². The Bertz CT molecular complexity index is 1440. The largest absolute Gasteiger partial charge is 0.454 e. The van der Waals surface area contributed by atoms with Crippen molar-refractivity contribution >= 4 is 17.8 Å². The first-order valence-electron chi connectivity index (χ1n) is 15.0. The molecular weight excluding hydrogens is 594 g/mol. The smallest absolute Gasteiger partial charge is 0.422 e. The number of carbonyl (C=O) groups excluding carboxylic acids is 2. The van der Waals surface area contributed by atoms with Gasteiger partial charge in [-0.15, -0.1) is 0 Å². The molecule has 2 saturated heterocycles. The maximum atomic E-state index is 13.2. The summed E-state index contributed by atoms with van der Waals surface area (Å²) in [5, 5.41) is 2.90.